The molecule has 1 N–H and O–H groups in total. The number of nitrogens with one attached hydrogen (secondary N) is 1. The van der Waals surface area contributed by atoms with Crippen LogP contribution in [-0.2, 0) is 0 Å². The fourth-order valence-corrected chi connectivity index (χ4v) is 1.37. The first-order valence-corrected chi connectivity index (χ1v) is 4.45. The van der Waals surface area contributed by atoms with Crippen molar-refractivity contribution in [3.63, 3.8) is 0 Å². The van der Waals surface area contributed by atoms with E-state index in [4.69, 9.17) is 21.3 Å². The smallest absolute Gasteiger partial charge is 0.231 e. The summed E-state index contributed by atoms with van der Waals surface area (Å²) in [5, 5.41) is 0. The van der Waals surface area contributed by atoms with E-state index in [0.29, 0.717) is 6.79 Å². The first-order valence-electron chi connectivity index (χ1n) is 4.07. The van der Waals surface area contributed by atoms with Crippen molar-refractivity contribution in [1.29, 1.82) is 0 Å². The van der Waals surface area contributed by atoms with Gasteiger partial charge in [-0.3, -0.25) is 0 Å². The van der Waals surface area contributed by atoms with E-state index >= 15 is 0 Å². The number of benzene rings is 1. The lowest BCUT2D eigenvalue weighted by molar-refractivity contribution is 0.174. The molecule has 1 aliphatic heterocycles. The third kappa shape index (κ3) is 1.57. The minimum Gasteiger partial charge on any atom is -0.454 e. The molecule has 1 aromatic rings. The number of hydrogen-bond acceptors (Lipinski definition) is 3. The summed E-state index contributed by atoms with van der Waals surface area (Å²) < 4.78 is 10.4. The third-order valence-electron chi connectivity index (χ3n) is 2.06. The average molecular weight is 200 g/mol. The molecule has 13 heavy (non-hydrogen) atoms. The lowest BCUT2D eigenvalue weighted by Crippen LogP contribution is -2.05. The summed E-state index contributed by atoms with van der Waals surface area (Å²) in [6.07, 6.45) is 0. The summed E-state index contributed by atoms with van der Waals surface area (Å²) in [5.41, 5.74) is 1.08. The summed E-state index contributed by atoms with van der Waals surface area (Å²) in [4.78, 5) is 2.65. The highest BCUT2D eigenvalue weighted by atomic mass is 35.5. The molecule has 0 spiro atoms. The summed E-state index contributed by atoms with van der Waals surface area (Å²) in [7, 11) is 0. The molecule has 0 radical (unpaired) electrons. The molecule has 0 saturated heterocycles. The minimum absolute atomic E-state index is 0.108. The molecule has 0 saturated carbocycles. The molecule has 1 aromatic carbocycles. The van der Waals surface area contributed by atoms with Crippen LogP contribution in [0.4, 0.5) is 0 Å². The summed E-state index contributed by atoms with van der Waals surface area (Å²) >= 11 is 5.52. The van der Waals surface area contributed by atoms with Gasteiger partial charge in [0.25, 0.3) is 0 Å². The molecule has 4 heteroatoms. The Morgan fingerprint density at radius 1 is 1.38 bits per heavy atom. The maximum absolute atomic E-state index is 5.52. The minimum atomic E-state index is 0.108. The number of fused-ring (bicyclic) bond motifs is 1. The first kappa shape index (κ1) is 8.66. The first-order chi connectivity index (χ1) is 6.31. The molecule has 0 aromatic heterocycles. The number of hydrogen-bond donors (Lipinski definition) is 1. The summed E-state index contributed by atoms with van der Waals surface area (Å²) in [6.45, 7) is 2.28. The van der Waals surface area contributed by atoms with Crippen LogP contribution in [0.15, 0.2) is 18.2 Å². The van der Waals surface area contributed by atoms with Gasteiger partial charge in [0.2, 0.25) is 6.79 Å². The Labute approximate surface area is 81.7 Å². The van der Waals surface area contributed by atoms with Gasteiger partial charge < -0.3 is 9.47 Å². The van der Waals surface area contributed by atoms with Crippen LogP contribution in [0, 0.1) is 0 Å². The van der Waals surface area contributed by atoms with Gasteiger partial charge in [-0.1, -0.05) is 6.07 Å². The van der Waals surface area contributed by atoms with Crippen molar-refractivity contribution < 1.29 is 9.47 Å². The second-order valence-corrected chi connectivity index (χ2v) is 3.16. The predicted octanol–water partition coefficient (Wildman–Crippen LogP) is 2.22. The molecule has 3 nitrogen and oxygen atoms in total. The molecule has 0 unspecified atom stereocenters. The van der Waals surface area contributed by atoms with Crippen LogP contribution in [0.25, 0.3) is 0 Å². The number of halogens is 1. The van der Waals surface area contributed by atoms with Crippen LogP contribution in [0.3, 0.4) is 0 Å². The molecule has 1 heterocycles. The lowest BCUT2D eigenvalue weighted by atomic mass is 10.1. The van der Waals surface area contributed by atoms with E-state index < -0.39 is 0 Å². The third-order valence-corrected chi connectivity index (χ3v) is 2.39. The number of rotatable bonds is 2. The predicted molar refractivity (Wildman–Crippen MR) is 50.0 cm³/mol. The highest BCUT2D eigenvalue weighted by Gasteiger charge is 2.14. The zero-order valence-electron chi connectivity index (χ0n) is 7.21. The molecular formula is C9H10ClNO2. The monoisotopic (exact) mass is 199 g/mol. The van der Waals surface area contributed by atoms with Crippen LogP contribution >= 0.6 is 11.8 Å². The van der Waals surface area contributed by atoms with Crippen molar-refractivity contribution in [2.75, 3.05) is 6.79 Å². The zero-order valence-corrected chi connectivity index (χ0v) is 7.97. The molecule has 1 aliphatic rings. The summed E-state index contributed by atoms with van der Waals surface area (Å²) in [5.74, 6) is 1.58. The van der Waals surface area contributed by atoms with Crippen molar-refractivity contribution in [3.05, 3.63) is 23.8 Å². The van der Waals surface area contributed by atoms with E-state index in [0.717, 1.165) is 17.1 Å². The second-order valence-electron chi connectivity index (χ2n) is 2.94. The van der Waals surface area contributed by atoms with E-state index in [1.54, 1.807) is 0 Å². The van der Waals surface area contributed by atoms with Crippen molar-refractivity contribution in [2.45, 2.75) is 13.0 Å². The molecule has 0 aliphatic carbocycles. The van der Waals surface area contributed by atoms with Gasteiger partial charge in [-0.15, -0.1) is 0 Å². The quantitative estimate of drug-likeness (QED) is 0.741. The molecule has 1 atom stereocenters. The van der Waals surface area contributed by atoms with Gasteiger partial charge in [0.15, 0.2) is 11.5 Å². The maximum atomic E-state index is 5.52. The van der Waals surface area contributed by atoms with Crippen molar-refractivity contribution in [1.82, 2.24) is 4.84 Å². The van der Waals surface area contributed by atoms with E-state index in [-0.39, 0.29) is 6.04 Å². The maximum Gasteiger partial charge on any atom is 0.231 e. The molecule has 70 valence electrons. The fourth-order valence-electron chi connectivity index (χ4n) is 1.25. The molecule has 0 bridgehead atoms. The number of ether oxygens (including phenoxy) is 2. The Hall–Kier alpha value is -0.930. The molecule has 0 amide bonds. The van der Waals surface area contributed by atoms with E-state index in [2.05, 4.69) is 4.84 Å². The Morgan fingerprint density at radius 2 is 2.15 bits per heavy atom. The van der Waals surface area contributed by atoms with Crippen LogP contribution in [0.2, 0.25) is 0 Å². The Balaban J connectivity index is 2.30. The topological polar surface area (TPSA) is 30.5 Å². The van der Waals surface area contributed by atoms with Gasteiger partial charge in [-0.25, -0.2) is 4.84 Å². The van der Waals surface area contributed by atoms with Crippen molar-refractivity contribution >= 4 is 11.8 Å². The molecule has 2 rings (SSSR count). The second kappa shape index (κ2) is 3.44. The molecule has 0 fully saturated rings. The van der Waals surface area contributed by atoms with Gasteiger partial charge in [0, 0.05) is 6.04 Å². The van der Waals surface area contributed by atoms with Crippen LogP contribution in [0.5, 0.6) is 11.5 Å². The zero-order chi connectivity index (χ0) is 9.26. The lowest BCUT2D eigenvalue weighted by Gasteiger charge is -2.08. The van der Waals surface area contributed by atoms with Gasteiger partial charge in [-0.05, 0) is 36.4 Å². The van der Waals surface area contributed by atoms with E-state index in [9.17, 15) is 0 Å². The fraction of sp³-hybridized carbons (Fsp3) is 0.333. The van der Waals surface area contributed by atoms with Gasteiger partial charge in [-0.2, -0.15) is 0 Å². The van der Waals surface area contributed by atoms with Gasteiger partial charge in [0.05, 0.1) is 0 Å². The summed E-state index contributed by atoms with van der Waals surface area (Å²) in [6, 6.07) is 5.90. The Kier molecular flexibility index (Phi) is 2.29. The Bertz CT molecular complexity index is 316. The average Bonchev–Trinajstić information content (AvgIpc) is 2.63. The standard InChI is InChI=1S/C9H10ClNO2/c1-6(11-10)7-2-3-8-9(4-7)13-5-12-8/h2-4,6,11H,5H2,1H3/t6-/m0/s1. The highest BCUT2D eigenvalue weighted by molar-refractivity contribution is 6.13. The van der Waals surface area contributed by atoms with Crippen LogP contribution in [-0.4, -0.2) is 6.79 Å². The molecular weight excluding hydrogens is 190 g/mol. The van der Waals surface area contributed by atoms with E-state index in [1.165, 1.54) is 0 Å². The van der Waals surface area contributed by atoms with E-state index in [1.807, 2.05) is 25.1 Å². The van der Waals surface area contributed by atoms with Crippen molar-refractivity contribution in [3.8, 4) is 11.5 Å². The normalized spacial score (nSPS) is 15.8. The largest absolute Gasteiger partial charge is 0.454 e. The van der Waals surface area contributed by atoms with Crippen LogP contribution in [0.1, 0.15) is 18.5 Å². The van der Waals surface area contributed by atoms with Gasteiger partial charge in [0.1, 0.15) is 0 Å². The highest BCUT2D eigenvalue weighted by Crippen LogP contribution is 2.34. The van der Waals surface area contributed by atoms with Crippen molar-refractivity contribution in [2.24, 2.45) is 0 Å². The Morgan fingerprint density at radius 3 is 2.92 bits per heavy atom. The van der Waals surface area contributed by atoms with Gasteiger partial charge >= 0.3 is 0 Å². The van der Waals surface area contributed by atoms with Crippen LogP contribution < -0.4 is 14.3 Å². The SMILES string of the molecule is C[C@H](NCl)c1ccc2c(c1)OCO2.